The first kappa shape index (κ1) is 16.3. The van der Waals surface area contributed by atoms with Crippen LogP contribution >= 0.6 is 0 Å². The molecule has 0 aromatic heterocycles. The lowest BCUT2D eigenvalue weighted by molar-refractivity contribution is -0.384. The molecule has 0 aliphatic heterocycles. The SMILES string of the molecule is OCCC[C@](F)(C(F)(F)F)C(F)(F)C(F)(F)F. The van der Waals surface area contributed by atoms with Crippen molar-refractivity contribution in [1.82, 2.24) is 0 Å². The van der Waals surface area contributed by atoms with Crippen molar-refractivity contribution in [3.63, 3.8) is 0 Å². The van der Waals surface area contributed by atoms with Gasteiger partial charge < -0.3 is 5.11 Å². The smallest absolute Gasteiger partial charge is 0.396 e. The Morgan fingerprint density at radius 2 is 1.12 bits per heavy atom. The van der Waals surface area contributed by atoms with Crippen LogP contribution in [-0.4, -0.2) is 35.7 Å². The molecule has 17 heavy (non-hydrogen) atoms. The lowest BCUT2D eigenvalue weighted by Crippen LogP contribution is -2.62. The van der Waals surface area contributed by atoms with Crippen molar-refractivity contribution in [1.29, 1.82) is 0 Å². The van der Waals surface area contributed by atoms with Crippen molar-refractivity contribution in [2.24, 2.45) is 0 Å². The van der Waals surface area contributed by atoms with Crippen LogP contribution in [0.4, 0.5) is 39.5 Å². The molecule has 10 heteroatoms. The Morgan fingerprint density at radius 1 is 0.706 bits per heavy atom. The van der Waals surface area contributed by atoms with Gasteiger partial charge in [0.2, 0.25) is 0 Å². The first-order valence-corrected chi connectivity index (χ1v) is 4.12. The summed E-state index contributed by atoms with van der Waals surface area (Å²) in [5.74, 6) is -6.58. The van der Waals surface area contributed by atoms with E-state index in [1.807, 2.05) is 0 Å². The molecule has 0 fully saturated rings. The second kappa shape index (κ2) is 4.54. The third kappa shape index (κ3) is 2.78. The number of aliphatic hydroxyl groups is 1. The van der Waals surface area contributed by atoms with E-state index in [4.69, 9.17) is 5.11 Å². The highest BCUT2D eigenvalue weighted by atomic mass is 19.4. The molecule has 0 unspecified atom stereocenters. The molecule has 0 saturated carbocycles. The normalized spacial score (nSPS) is 18.0. The zero-order valence-electron chi connectivity index (χ0n) is 7.97. The van der Waals surface area contributed by atoms with Crippen LogP contribution in [0.15, 0.2) is 0 Å². The van der Waals surface area contributed by atoms with Crippen molar-refractivity contribution in [3.8, 4) is 0 Å². The zero-order chi connectivity index (χ0) is 14.1. The molecule has 0 bridgehead atoms. The lowest BCUT2D eigenvalue weighted by atomic mass is 9.91. The molecule has 0 aromatic rings. The van der Waals surface area contributed by atoms with Crippen LogP contribution in [0.3, 0.4) is 0 Å². The Labute approximate surface area is 89.2 Å². The van der Waals surface area contributed by atoms with Crippen molar-refractivity contribution >= 4 is 0 Å². The predicted octanol–water partition coefficient (Wildman–Crippen LogP) is 3.23. The van der Waals surface area contributed by atoms with E-state index < -0.39 is 43.4 Å². The monoisotopic (exact) mass is 278 g/mol. The number of hydrogen-bond acceptors (Lipinski definition) is 1. The number of aliphatic hydroxyl groups excluding tert-OH is 1. The maximum Gasteiger partial charge on any atom is 0.457 e. The van der Waals surface area contributed by atoms with Gasteiger partial charge in [-0.3, -0.25) is 0 Å². The molecule has 0 amide bonds. The van der Waals surface area contributed by atoms with Gasteiger partial charge in [-0.25, -0.2) is 4.39 Å². The number of rotatable bonds is 4. The van der Waals surface area contributed by atoms with Crippen LogP contribution in [-0.2, 0) is 0 Å². The molecule has 1 atom stereocenters. The fourth-order valence-corrected chi connectivity index (χ4v) is 1.02. The van der Waals surface area contributed by atoms with E-state index >= 15 is 0 Å². The second-order valence-electron chi connectivity index (χ2n) is 3.20. The highest BCUT2D eigenvalue weighted by Crippen LogP contribution is 2.54. The fourth-order valence-electron chi connectivity index (χ4n) is 1.02. The molecular weight excluding hydrogens is 271 g/mol. The summed E-state index contributed by atoms with van der Waals surface area (Å²) in [5, 5.41) is 8.10. The van der Waals surface area contributed by atoms with Crippen LogP contribution in [0.5, 0.6) is 0 Å². The third-order valence-corrected chi connectivity index (χ3v) is 1.98. The van der Waals surface area contributed by atoms with Gasteiger partial charge in [-0.05, 0) is 12.8 Å². The highest BCUT2D eigenvalue weighted by Gasteiger charge is 2.80. The van der Waals surface area contributed by atoms with Crippen LogP contribution in [0.25, 0.3) is 0 Å². The topological polar surface area (TPSA) is 20.2 Å². The standard InChI is InChI=1S/C7H7F9O/c8-4(2-1-3-17,6(11,12)13)5(9,10)7(14,15)16/h17H,1-3H2/t4-/m1/s1. The molecule has 104 valence electrons. The maximum atomic E-state index is 13.1. The summed E-state index contributed by atoms with van der Waals surface area (Å²) in [6.07, 6.45) is -16.4. The summed E-state index contributed by atoms with van der Waals surface area (Å²) >= 11 is 0. The average Bonchev–Trinajstić information content (AvgIpc) is 2.10. The van der Waals surface area contributed by atoms with Gasteiger partial charge in [0.15, 0.2) is 0 Å². The van der Waals surface area contributed by atoms with Gasteiger partial charge in [0, 0.05) is 6.61 Å². The number of alkyl halides is 9. The van der Waals surface area contributed by atoms with Crippen LogP contribution < -0.4 is 0 Å². The molecular formula is C7H7F9O. The Hall–Kier alpha value is -0.670. The molecule has 0 radical (unpaired) electrons. The summed E-state index contributed by atoms with van der Waals surface area (Å²) in [7, 11) is 0. The van der Waals surface area contributed by atoms with Crippen molar-refractivity contribution < 1.29 is 44.6 Å². The summed E-state index contributed by atoms with van der Waals surface area (Å²) in [4.78, 5) is 0. The third-order valence-electron chi connectivity index (χ3n) is 1.98. The summed E-state index contributed by atoms with van der Waals surface area (Å²) in [6.45, 7) is -1.14. The van der Waals surface area contributed by atoms with Crippen molar-refractivity contribution in [2.45, 2.75) is 36.8 Å². The van der Waals surface area contributed by atoms with Gasteiger partial charge in [0.1, 0.15) is 0 Å². The van der Waals surface area contributed by atoms with Gasteiger partial charge >= 0.3 is 18.3 Å². The number of hydrogen-bond donors (Lipinski definition) is 1. The van der Waals surface area contributed by atoms with Gasteiger partial charge in [0.05, 0.1) is 0 Å². The van der Waals surface area contributed by atoms with Gasteiger partial charge in [0.25, 0.3) is 5.67 Å². The fraction of sp³-hybridized carbons (Fsp3) is 1.00. The Bertz CT molecular complexity index is 255. The van der Waals surface area contributed by atoms with Gasteiger partial charge in [-0.2, -0.15) is 35.1 Å². The molecule has 1 N–H and O–H groups in total. The largest absolute Gasteiger partial charge is 0.457 e. The van der Waals surface area contributed by atoms with E-state index in [0.29, 0.717) is 0 Å². The summed E-state index contributed by atoms with van der Waals surface area (Å²) in [6, 6.07) is 0. The van der Waals surface area contributed by atoms with Gasteiger partial charge in [-0.1, -0.05) is 0 Å². The van der Waals surface area contributed by atoms with Crippen LogP contribution in [0.1, 0.15) is 12.8 Å². The quantitative estimate of drug-likeness (QED) is 0.783. The van der Waals surface area contributed by atoms with Crippen LogP contribution in [0.2, 0.25) is 0 Å². The van der Waals surface area contributed by atoms with Gasteiger partial charge in [-0.15, -0.1) is 0 Å². The minimum Gasteiger partial charge on any atom is -0.396 e. The second-order valence-corrected chi connectivity index (χ2v) is 3.20. The molecule has 0 aromatic carbocycles. The zero-order valence-corrected chi connectivity index (χ0v) is 7.97. The van der Waals surface area contributed by atoms with Crippen molar-refractivity contribution in [2.75, 3.05) is 6.61 Å². The average molecular weight is 278 g/mol. The van der Waals surface area contributed by atoms with E-state index in [1.54, 1.807) is 0 Å². The minimum atomic E-state index is -6.67. The summed E-state index contributed by atoms with van der Waals surface area (Å²) in [5.41, 5.74) is -5.75. The highest BCUT2D eigenvalue weighted by molar-refractivity contribution is 5.03. The molecule has 0 heterocycles. The Balaban J connectivity index is 5.48. The minimum absolute atomic E-state index is 1.14. The molecule has 0 aliphatic carbocycles. The molecule has 0 saturated heterocycles. The molecule has 0 spiro atoms. The molecule has 0 rings (SSSR count). The van der Waals surface area contributed by atoms with E-state index in [2.05, 4.69) is 0 Å². The predicted molar refractivity (Wildman–Crippen MR) is 37.2 cm³/mol. The first-order valence-electron chi connectivity index (χ1n) is 4.12. The van der Waals surface area contributed by atoms with Crippen molar-refractivity contribution in [3.05, 3.63) is 0 Å². The summed E-state index contributed by atoms with van der Waals surface area (Å²) < 4.78 is 109. The van der Waals surface area contributed by atoms with E-state index in [1.165, 1.54) is 0 Å². The van der Waals surface area contributed by atoms with E-state index in [0.717, 1.165) is 0 Å². The molecule has 0 aliphatic rings. The lowest BCUT2D eigenvalue weighted by Gasteiger charge is -2.35. The van der Waals surface area contributed by atoms with E-state index in [-0.39, 0.29) is 0 Å². The Kier molecular flexibility index (Phi) is 4.36. The molecule has 1 nitrogen and oxygen atoms in total. The Morgan fingerprint density at radius 3 is 1.35 bits per heavy atom. The van der Waals surface area contributed by atoms with Crippen LogP contribution in [0, 0.1) is 0 Å². The first-order chi connectivity index (χ1) is 7.31. The number of halogens is 9. The van der Waals surface area contributed by atoms with E-state index in [9.17, 15) is 39.5 Å². The maximum absolute atomic E-state index is 13.1.